The van der Waals surface area contributed by atoms with Gasteiger partial charge in [-0.05, 0) is 13.8 Å². The molecule has 0 bridgehead atoms. The maximum absolute atomic E-state index is 14.1. The fourth-order valence-corrected chi connectivity index (χ4v) is 2.67. The molecule has 2 heterocycles. The number of nitrogens with two attached hydrogens (primary N) is 1. The molecule has 3 unspecified atom stereocenters. The zero-order chi connectivity index (χ0) is 17.6. The highest BCUT2D eigenvalue weighted by molar-refractivity contribution is 5.78. The van der Waals surface area contributed by atoms with Crippen LogP contribution >= 0.6 is 0 Å². The molecule has 7 atom stereocenters. The number of esters is 1. The van der Waals surface area contributed by atoms with E-state index in [0.717, 1.165) is 7.11 Å². The van der Waals surface area contributed by atoms with Gasteiger partial charge < -0.3 is 40.0 Å². The van der Waals surface area contributed by atoms with Gasteiger partial charge in [0, 0.05) is 0 Å². The number of carbonyl (C=O) groups is 1. The van der Waals surface area contributed by atoms with E-state index < -0.39 is 54.2 Å². The monoisotopic (exact) mass is 339 g/mol. The van der Waals surface area contributed by atoms with Gasteiger partial charge in [-0.3, -0.25) is 0 Å². The number of ether oxygens (including phenoxy) is 4. The summed E-state index contributed by atoms with van der Waals surface area (Å²) in [5, 5.41) is 30.3. The summed E-state index contributed by atoms with van der Waals surface area (Å²) in [6, 6.07) is -1.41. The Balaban J connectivity index is 2.22. The largest absolute Gasteiger partial charge is 0.465 e. The van der Waals surface area contributed by atoms with Crippen molar-refractivity contribution in [1.29, 1.82) is 0 Å². The Kier molecular flexibility index (Phi) is 4.98. The van der Waals surface area contributed by atoms with Gasteiger partial charge in [-0.1, -0.05) is 0 Å². The van der Waals surface area contributed by atoms with Gasteiger partial charge in [0.15, 0.2) is 12.0 Å². The molecule has 5 N–H and O–H groups in total. The molecule has 9 nitrogen and oxygen atoms in total. The number of halogens is 1. The first-order valence-electron chi connectivity index (χ1n) is 7.09. The summed E-state index contributed by atoms with van der Waals surface area (Å²) >= 11 is 0. The van der Waals surface area contributed by atoms with E-state index in [-0.39, 0.29) is 6.61 Å². The lowest BCUT2D eigenvalue weighted by Gasteiger charge is -2.45. The summed E-state index contributed by atoms with van der Waals surface area (Å²) in [5.41, 5.74) is 5.68. The number of alkyl halides is 1. The quantitative estimate of drug-likeness (QED) is 0.421. The van der Waals surface area contributed by atoms with E-state index in [0.29, 0.717) is 0 Å². The summed E-state index contributed by atoms with van der Waals surface area (Å²) in [4.78, 5) is 11.6. The molecule has 0 amide bonds. The summed E-state index contributed by atoms with van der Waals surface area (Å²) < 4.78 is 34.1. The number of carbonyl (C=O) groups excluding carboxylic acids is 1. The fraction of sp³-hybridized carbons (Fsp3) is 0.923. The van der Waals surface area contributed by atoms with Crippen molar-refractivity contribution in [2.75, 3.05) is 13.7 Å². The van der Waals surface area contributed by atoms with Crippen molar-refractivity contribution < 1.29 is 43.5 Å². The molecule has 23 heavy (non-hydrogen) atoms. The van der Waals surface area contributed by atoms with Crippen LogP contribution in [-0.2, 0) is 23.7 Å². The number of hydrogen-bond donors (Lipinski definition) is 4. The highest BCUT2D eigenvalue weighted by Gasteiger charge is 2.61. The van der Waals surface area contributed by atoms with Crippen molar-refractivity contribution in [3.8, 4) is 0 Å². The van der Waals surface area contributed by atoms with Crippen molar-refractivity contribution in [2.24, 2.45) is 5.73 Å². The van der Waals surface area contributed by atoms with Crippen molar-refractivity contribution >= 4 is 5.97 Å². The molecule has 2 rings (SSSR count). The van der Waals surface area contributed by atoms with Gasteiger partial charge in [-0.2, -0.15) is 0 Å². The molecular weight excluding hydrogens is 317 g/mol. The smallest absolute Gasteiger partial charge is 0.369 e. The first-order valence-corrected chi connectivity index (χ1v) is 7.09. The summed E-state index contributed by atoms with van der Waals surface area (Å²) in [5.74, 6) is -5.48. The highest BCUT2D eigenvalue weighted by atomic mass is 19.1. The lowest BCUT2D eigenvalue weighted by Crippen LogP contribution is -2.71. The molecule has 0 aromatic carbocycles. The second-order valence-corrected chi connectivity index (χ2v) is 6.10. The van der Waals surface area contributed by atoms with E-state index in [2.05, 4.69) is 4.74 Å². The van der Waals surface area contributed by atoms with Gasteiger partial charge >= 0.3 is 11.8 Å². The topological polar surface area (TPSA) is 141 Å². The van der Waals surface area contributed by atoms with Crippen molar-refractivity contribution in [1.82, 2.24) is 0 Å². The van der Waals surface area contributed by atoms with E-state index in [1.807, 2.05) is 0 Å². The average molecular weight is 339 g/mol. The van der Waals surface area contributed by atoms with E-state index >= 15 is 0 Å². The molecule has 0 aromatic heterocycles. The first-order chi connectivity index (χ1) is 10.5. The van der Waals surface area contributed by atoms with E-state index in [4.69, 9.17) is 19.9 Å². The van der Waals surface area contributed by atoms with Gasteiger partial charge in [-0.25, -0.2) is 9.18 Å². The SMILES string of the molecule is COC(=O)[C@]1(O)OC([C@H](O)[C@H]2COC(C)(C)O2)[C@H](N)C(O)C1F. The third kappa shape index (κ3) is 3.20. The van der Waals surface area contributed by atoms with Crippen LogP contribution in [0.2, 0.25) is 0 Å². The molecule has 10 heteroatoms. The normalized spacial score (nSPS) is 44.8. The first kappa shape index (κ1) is 18.5. The zero-order valence-corrected chi connectivity index (χ0v) is 13.0. The molecule has 2 fully saturated rings. The van der Waals surface area contributed by atoms with Crippen LogP contribution in [0.1, 0.15) is 13.8 Å². The third-order valence-electron chi connectivity index (χ3n) is 3.99. The molecule has 0 spiro atoms. The highest BCUT2D eigenvalue weighted by Crippen LogP contribution is 2.34. The molecule has 0 saturated carbocycles. The summed E-state index contributed by atoms with van der Waals surface area (Å²) in [7, 11) is 0.916. The Labute approximate surface area is 132 Å². The molecule has 2 aliphatic rings. The Bertz CT molecular complexity index is 463. The Morgan fingerprint density at radius 3 is 2.52 bits per heavy atom. The number of hydrogen-bond acceptors (Lipinski definition) is 9. The van der Waals surface area contributed by atoms with Gasteiger partial charge in [0.1, 0.15) is 24.4 Å². The third-order valence-corrected chi connectivity index (χ3v) is 3.99. The lowest BCUT2D eigenvalue weighted by atomic mass is 9.88. The van der Waals surface area contributed by atoms with Gasteiger partial charge in [0.05, 0.1) is 19.8 Å². The number of methoxy groups -OCH3 is 1. The lowest BCUT2D eigenvalue weighted by molar-refractivity contribution is -0.319. The molecule has 2 aliphatic heterocycles. The van der Waals surface area contributed by atoms with E-state index in [9.17, 15) is 24.5 Å². The van der Waals surface area contributed by atoms with Crippen LogP contribution in [0.25, 0.3) is 0 Å². The molecule has 0 radical (unpaired) electrons. The van der Waals surface area contributed by atoms with Crippen molar-refractivity contribution in [3.05, 3.63) is 0 Å². The van der Waals surface area contributed by atoms with Crippen LogP contribution in [0.15, 0.2) is 0 Å². The Morgan fingerprint density at radius 1 is 1.43 bits per heavy atom. The van der Waals surface area contributed by atoms with Gasteiger partial charge in [0.2, 0.25) is 0 Å². The minimum atomic E-state index is -3.08. The van der Waals surface area contributed by atoms with Gasteiger partial charge in [0.25, 0.3) is 0 Å². The van der Waals surface area contributed by atoms with Crippen LogP contribution < -0.4 is 5.73 Å². The maximum atomic E-state index is 14.1. The van der Waals surface area contributed by atoms with Crippen LogP contribution in [0, 0.1) is 0 Å². The molecule has 134 valence electrons. The van der Waals surface area contributed by atoms with E-state index in [1.165, 1.54) is 0 Å². The number of aliphatic hydroxyl groups is 3. The molecular formula is C13H22FNO8. The van der Waals surface area contributed by atoms with Crippen LogP contribution in [-0.4, -0.2) is 83.2 Å². The summed E-state index contributed by atoms with van der Waals surface area (Å²) in [6.07, 6.45) is -8.35. The minimum absolute atomic E-state index is 0.00739. The molecule has 2 saturated heterocycles. The van der Waals surface area contributed by atoms with E-state index in [1.54, 1.807) is 13.8 Å². The van der Waals surface area contributed by atoms with Crippen molar-refractivity contribution in [2.45, 2.75) is 62.1 Å². The summed E-state index contributed by atoms with van der Waals surface area (Å²) in [6.45, 7) is 3.24. The van der Waals surface area contributed by atoms with Crippen molar-refractivity contribution in [3.63, 3.8) is 0 Å². The standard InChI is InChI=1S/C13H22FNO8/c1-12(2)21-4-5(22-12)7(16)9-6(15)8(17)10(14)13(19,23-9)11(18)20-3/h5-10,16-17,19H,4,15H2,1-3H3/t5-,6-,7-,8?,9?,10?,13-/m1/s1. The minimum Gasteiger partial charge on any atom is -0.465 e. The number of aliphatic hydroxyl groups excluding tert-OH is 2. The molecule has 0 aromatic rings. The second kappa shape index (κ2) is 6.20. The van der Waals surface area contributed by atoms with Crippen LogP contribution in [0.4, 0.5) is 4.39 Å². The second-order valence-electron chi connectivity index (χ2n) is 6.10. The van der Waals surface area contributed by atoms with Gasteiger partial charge in [-0.15, -0.1) is 0 Å². The Hall–Kier alpha value is -0.880. The maximum Gasteiger partial charge on any atom is 0.369 e. The van der Waals surface area contributed by atoms with Crippen LogP contribution in [0.5, 0.6) is 0 Å². The predicted molar refractivity (Wildman–Crippen MR) is 71.6 cm³/mol. The van der Waals surface area contributed by atoms with Crippen LogP contribution in [0.3, 0.4) is 0 Å². The average Bonchev–Trinajstić information content (AvgIpc) is 2.87. The predicted octanol–water partition coefficient (Wildman–Crippen LogP) is -2.21. The number of rotatable bonds is 3. The zero-order valence-electron chi connectivity index (χ0n) is 13.0. The fourth-order valence-electron chi connectivity index (χ4n) is 2.67. The Morgan fingerprint density at radius 2 is 2.04 bits per heavy atom. The molecule has 0 aliphatic carbocycles.